The molecular formula is C13H23N3O. The summed E-state index contributed by atoms with van der Waals surface area (Å²) in [5, 5.41) is 4.46. The third-order valence-electron chi connectivity index (χ3n) is 3.71. The van der Waals surface area contributed by atoms with Gasteiger partial charge in [-0.05, 0) is 33.3 Å². The van der Waals surface area contributed by atoms with Crippen LogP contribution in [0, 0.1) is 12.8 Å². The summed E-state index contributed by atoms with van der Waals surface area (Å²) in [5.41, 5.74) is 8.63. The summed E-state index contributed by atoms with van der Waals surface area (Å²) < 4.78 is 7.63. The van der Waals surface area contributed by atoms with Gasteiger partial charge in [0.05, 0.1) is 11.8 Å². The Morgan fingerprint density at radius 1 is 1.65 bits per heavy atom. The van der Waals surface area contributed by atoms with Crippen LogP contribution in [0.4, 0.5) is 0 Å². The largest absolute Gasteiger partial charge is 0.378 e. The Morgan fingerprint density at radius 3 is 3.00 bits per heavy atom. The first kappa shape index (κ1) is 12.6. The fourth-order valence-electron chi connectivity index (χ4n) is 2.74. The molecule has 0 bridgehead atoms. The fourth-order valence-corrected chi connectivity index (χ4v) is 2.74. The monoisotopic (exact) mass is 237 g/mol. The summed E-state index contributed by atoms with van der Waals surface area (Å²) in [7, 11) is 0. The maximum absolute atomic E-state index is 6.31. The molecule has 2 rings (SSSR count). The lowest BCUT2D eigenvalue weighted by Gasteiger charge is -2.22. The van der Waals surface area contributed by atoms with Crippen molar-refractivity contribution in [1.82, 2.24) is 9.78 Å². The zero-order valence-electron chi connectivity index (χ0n) is 11.0. The Bertz CT molecular complexity index is 375. The Balaban J connectivity index is 2.04. The molecule has 1 aliphatic heterocycles. The molecule has 1 aliphatic rings. The average Bonchev–Trinajstić information content (AvgIpc) is 2.84. The SMILES string of the molecule is CCn1nc(C)cc1CC(N)C1CCOC1C. The molecule has 0 aromatic carbocycles. The molecule has 0 radical (unpaired) electrons. The maximum atomic E-state index is 6.31. The molecule has 4 heteroatoms. The highest BCUT2D eigenvalue weighted by atomic mass is 16.5. The third kappa shape index (κ3) is 2.69. The zero-order valence-corrected chi connectivity index (χ0v) is 11.0. The molecule has 0 spiro atoms. The average molecular weight is 237 g/mol. The van der Waals surface area contributed by atoms with E-state index < -0.39 is 0 Å². The van der Waals surface area contributed by atoms with E-state index in [0.29, 0.717) is 12.0 Å². The number of hydrogen-bond donors (Lipinski definition) is 1. The van der Waals surface area contributed by atoms with Crippen molar-refractivity contribution >= 4 is 0 Å². The number of hydrogen-bond acceptors (Lipinski definition) is 3. The van der Waals surface area contributed by atoms with E-state index in [4.69, 9.17) is 10.5 Å². The summed E-state index contributed by atoms with van der Waals surface area (Å²) in [4.78, 5) is 0. The van der Waals surface area contributed by atoms with Crippen LogP contribution in [0.3, 0.4) is 0 Å². The molecule has 0 saturated carbocycles. The highest BCUT2D eigenvalue weighted by Crippen LogP contribution is 2.24. The molecule has 0 amide bonds. The predicted octanol–water partition coefficient (Wildman–Crippen LogP) is 1.51. The maximum Gasteiger partial charge on any atom is 0.0596 e. The highest BCUT2D eigenvalue weighted by Gasteiger charge is 2.30. The summed E-state index contributed by atoms with van der Waals surface area (Å²) in [5.74, 6) is 0.482. The number of aromatic nitrogens is 2. The highest BCUT2D eigenvalue weighted by molar-refractivity contribution is 5.11. The van der Waals surface area contributed by atoms with E-state index in [2.05, 4.69) is 29.7 Å². The summed E-state index contributed by atoms with van der Waals surface area (Å²) in [6, 6.07) is 2.32. The van der Waals surface area contributed by atoms with Crippen molar-refractivity contribution in [3.8, 4) is 0 Å². The van der Waals surface area contributed by atoms with Crippen LogP contribution >= 0.6 is 0 Å². The Kier molecular flexibility index (Phi) is 3.84. The fraction of sp³-hybridized carbons (Fsp3) is 0.769. The minimum atomic E-state index is 0.175. The number of aryl methyl sites for hydroxylation is 2. The van der Waals surface area contributed by atoms with Gasteiger partial charge in [0.15, 0.2) is 0 Å². The first-order valence-corrected chi connectivity index (χ1v) is 6.52. The van der Waals surface area contributed by atoms with Crippen molar-refractivity contribution in [3.63, 3.8) is 0 Å². The second-order valence-electron chi connectivity index (χ2n) is 4.99. The lowest BCUT2D eigenvalue weighted by atomic mass is 9.91. The van der Waals surface area contributed by atoms with Gasteiger partial charge in [0.1, 0.15) is 0 Å². The third-order valence-corrected chi connectivity index (χ3v) is 3.71. The van der Waals surface area contributed by atoms with Gasteiger partial charge in [-0.2, -0.15) is 5.10 Å². The quantitative estimate of drug-likeness (QED) is 0.863. The standard InChI is InChI=1S/C13H23N3O/c1-4-16-11(7-9(2)15-16)8-13(14)12-5-6-17-10(12)3/h7,10,12-13H,4-6,8,14H2,1-3H3. The van der Waals surface area contributed by atoms with E-state index in [9.17, 15) is 0 Å². The van der Waals surface area contributed by atoms with Crippen LogP contribution in [-0.2, 0) is 17.7 Å². The van der Waals surface area contributed by atoms with Gasteiger partial charge in [-0.25, -0.2) is 0 Å². The van der Waals surface area contributed by atoms with E-state index >= 15 is 0 Å². The van der Waals surface area contributed by atoms with Gasteiger partial charge in [0.25, 0.3) is 0 Å². The normalized spacial score (nSPS) is 26.4. The molecule has 17 heavy (non-hydrogen) atoms. The van der Waals surface area contributed by atoms with Gasteiger partial charge < -0.3 is 10.5 Å². The van der Waals surface area contributed by atoms with Crippen molar-refractivity contribution in [2.75, 3.05) is 6.61 Å². The molecule has 2 N–H and O–H groups in total. The summed E-state index contributed by atoms with van der Waals surface area (Å²) >= 11 is 0. The van der Waals surface area contributed by atoms with E-state index in [1.807, 2.05) is 6.92 Å². The van der Waals surface area contributed by atoms with Crippen molar-refractivity contribution in [2.45, 2.75) is 52.3 Å². The lowest BCUT2D eigenvalue weighted by Crippen LogP contribution is -2.36. The Labute approximate surface area is 103 Å². The van der Waals surface area contributed by atoms with Gasteiger partial charge in [0.2, 0.25) is 0 Å². The molecule has 0 aliphatic carbocycles. The molecule has 96 valence electrons. The van der Waals surface area contributed by atoms with Gasteiger partial charge in [-0.15, -0.1) is 0 Å². The van der Waals surface area contributed by atoms with Crippen molar-refractivity contribution in [1.29, 1.82) is 0 Å². The molecule has 3 unspecified atom stereocenters. The number of nitrogens with two attached hydrogens (primary N) is 1. The predicted molar refractivity (Wildman–Crippen MR) is 67.8 cm³/mol. The molecule has 2 heterocycles. The minimum Gasteiger partial charge on any atom is -0.378 e. The molecule has 4 nitrogen and oxygen atoms in total. The van der Waals surface area contributed by atoms with Crippen molar-refractivity contribution in [3.05, 3.63) is 17.5 Å². The van der Waals surface area contributed by atoms with E-state index in [1.54, 1.807) is 0 Å². The van der Waals surface area contributed by atoms with Gasteiger partial charge >= 0.3 is 0 Å². The molecule has 1 aromatic rings. The van der Waals surface area contributed by atoms with E-state index in [0.717, 1.165) is 31.7 Å². The second-order valence-corrected chi connectivity index (χ2v) is 4.99. The minimum absolute atomic E-state index is 0.175. The number of ether oxygens (including phenoxy) is 1. The van der Waals surface area contributed by atoms with Crippen LogP contribution in [-0.4, -0.2) is 28.5 Å². The summed E-state index contributed by atoms with van der Waals surface area (Å²) in [6.45, 7) is 8.03. The first-order valence-electron chi connectivity index (χ1n) is 6.52. The van der Waals surface area contributed by atoms with E-state index in [1.165, 1.54) is 5.69 Å². The topological polar surface area (TPSA) is 53.1 Å². The van der Waals surface area contributed by atoms with E-state index in [-0.39, 0.29) is 6.04 Å². The van der Waals surface area contributed by atoms with Gasteiger partial charge in [0, 0.05) is 37.2 Å². The smallest absolute Gasteiger partial charge is 0.0596 e. The van der Waals surface area contributed by atoms with Crippen LogP contribution in [0.25, 0.3) is 0 Å². The Morgan fingerprint density at radius 2 is 2.41 bits per heavy atom. The van der Waals surface area contributed by atoms with Crippen LogP contribution in [0.2, 0.25) is 0 Å². The van der Waals surface area contributed by atoms with Crippen molar-refractivity contribution in [2.24, 2.45) is 11.7 Å². The molecular weight excluding hydrogens is 214 g/mol. The zero-order chi connectivity index (χ0) is 12.4. The summed E-state index contributed by atoms with van der Waals surface area (Å²) in [6.07, 6.45) is 2.28. The van der Waals surface area contributed by atoms with Crippen LogP contribution < -0.4 is 5.73 Å². The molecule has 1 fully saturated rings. The molecule has 1 aromatic heterocycles. The first-order chi connectivity index (χ1) is 8.11. The number of nitrogens with zero attached hydrogens (tertiary/aromatic N) is 2. The molecule has 3 atom stereocenters. The van der Waals surface area contributed by atoms with Gasteiger partial charge in [-0.1, -0.05) is 0 Å². The van der Waals surface area contributed by atoms with Crippen LogP contribution in [0.1, 0.15) is 31.7 Å². The van der Waals surface area contributed by atoms with Crippen LogP contribution in [0.15, 0.2) is 6.07 Å². The second kappa shape index (κ2) is 5.19. The van der Waals surface area contributed by atoms with Crippen LogP contribution in [0.5, 0.6) is 0 Å². The number of rotatable bonds is 4. The lowest BCUT2D eigenvalue weighted by molar-refractivity contribution is 0.0993. The van der Waals surface area contributed by atoms with Crippen molar-refractivity contribution < 1.29 is 4.74 Å². The molecule has 1 saturated heterocycles. The van der Waals surface area contributed by atoms with Gasteiger partial charge in [-0.3, -0.25) is 4.68 Å². The Hall–Kier alpha value is -0.870.